The van der Waals surface area contributed by atoms with Gasteiger partial charge in [0, 0.05) is 24.7 Å². The smallest absolute Gasteiger partial charge is 0.230 e. The van der Waals surface area contributed by atoms with E-state index in [-0.39, 0.29) is 23.0 Å². The molecule has 104 valence electrons. The number of rotatable bonds is 2. The van der Waals surface area contributed by atoms with Crippen LogP contribution in [0.3, 0.4) is 0 Å². The minimum Gasteiger partial charge on any atom is -0.508 e. The van der Waals surface area contributed by atoms with Crippen LogP contribution in [0, 0.1) is 11.3 Å². The third-order valence-corrected chi connectivity index (χ3v) is 4.35. The number of phenolic OH excluding ortho intramolecular Hbond substituents is 1. The molecule has 0 aliphatic heterocycles. The number of amides is 1. The van der Waals surface area contributed by atoms with Crippen LogP contribution in [0.2, 0.25) is 0 Å². The van der Waals surface area contributed by atoms with Gasteiger partial charge in [-0.25, -0.2) is 0 Å². The van der Waals surface area contributed by atoms with Crippen molar-refractivity contribution in [3.8, 4) is 5.75 Å². The summed E-state index contributed by atoms with van der Waals surface area (Å²) < 4.78 is 0. The van der Waals surface area contributed by atoms with Crippen LogP contribution in [-0.4, -0.2) is 18.1 Å². The van der Waals surface area contributed by atoms with E-state index in [0.29, 0.717) is 0 Å². The van der Waals surface area contributed by atoms with Crippen molar-refractivity contribution in [2.45, 2.75) is 39.5 Å². The van der Waals surface area contributed by atoms with Gasteiger partial charge in [-0.2, -0.15) is 0 Å². The number of carbonyl (C=O) groups is 1. The lowest BCUT2D eigenvalue weighted by Gasteiger charge is -2.39. The highest BCUT2D eigenvalue weighted by molar-refractivity contribution is 5.95. The number of benzene rings is 1. The average molecular weight is 261 g/mol. The second-order valence-electron chi connectivity index (χ2n) is 6.20. The van der Waals surface area contributed by atoms with Gasteiger partial charge in [-0.1, -0.05) is 32.8 Å². The van der Waals surface area contributed by atoms with Crippen LogP contribution in [0.4, 0.5) is 5.69 Å². The first-order chi connectivity index (χ1) is 8.92. The lowest BCUT2D eigenvalue weighted by atomic mass is 9.68. The van der Waals surface area contributed by atoms with Crippen molar-refractivity contribution < 1.29 is 9.90 Å². The van der Waals surface area contributed by atoms with Crippen molar-refractivity contribution in [3.05, 3.63) is 24.3 Å². The zero-order valence-electron chi connectivity index (χ0n) is 12.0. The summed E-state index contributed by atoms with van der Waals surface area (Å²) in [6.45, 7) is 4.37. The highest BCUT2D eigenvalue weighted by Crippen LogP contribution is 2.41. The predicted octanol–water partition coefficient (Wildman–Crippen LogP) is 3.57. The molecule has 1 amide bonds. The van der Waals surface area contributed by atoms with Gasteiger partial charge in [-0.05, 0) is 30.4 Å². The second-order valence-corrected chi connectivity index (χ2v) is 6.20. The summed E-state index contributed by atoms with van der Waals surface area (Å²) in [4.78, 5) is 14.3. The van der Waals surface area contributed by atoms with E-state index in [0.717, 1.165) is 24.9 Å². The third-order valence-electron chi connectivity index (χ3n) is 4.35. The van der Waals surface area contributed by atoms with Crippen molar-refractivity contribution in [2.24, 2.45) is 11.3 Å². The lowest BCUT2D eigenvalue weighted by Crippen LogP contribution is -2.42. The molecule has 0 bridgehead atoms. The molecule has 0 radical (unpaired) electrons. The molecule has 3 nitrogen and oxygen atoms in total. The molecule has 1 atom stereocenters. The van der Waals surface area contributed by atoms with Crippen LogP contribution in [0.15, 0.2) is 24.3 Å². The van der Waals surface area contributed by atoms with Gasteiger partial charge >= 0.3 is 0 Å². The number of aromatic hydroxyl groups is 1. The first-order valence-electron chi connectivity index (χ1n) is 6.98. The molecule has 0 heterocycles. The molecular formula is C16H23NO2. The molecule has 0 saturated heterocycles. The van der Waals surface area contributed by atoms with Crippen LogP contribution in [0.5, 0.6) is 5.75 Å². The minimum absolute atomic E-state index is 0.0699. The Bertz CT molecular complexity index is 468. The molecule has 1 N–H and O–H groups in total. The molecule has 3 heteroatoms. The molecule has 0 aromatic heterocycles. The second kappa shape index (κ2) is 5.24. The topological polar surface area (TPSA) is 40.5 Å². The fraction of sp³-hybridized carbons (Fsp3) is 0.562. The van der Waals surface area contributed by atoms with E-state index in [4.69, 9.17) is 0 Å². The first kappa shape index (κ1) is 13.9. The van der Waals surface area contributed by atoms with Crippen molar-refractivity contribution >= 4 is 11.6 Å². The fourth-order valence-electron chi connectivity index (χ4n) is 3.01. The van der Waals surface area contributed by atoms with Gasteiger partial charge in [-0.15, -0.1) is 0 Å². The van der Waals surface area contributed by atoms with Crippen molar-refractivity contribution in [1.82, 2.24) is 0 Å². The Kier molecular flexibility index (Phi) is 3.83. The molecule has 1 aromatic rings. The number of carbonyl (C=O) groups excluding carboxylic acids is 1. The van der Waals surface area contributed by atoms with Crippen LogP contribution in [-0.2, 0) is 4.79 Å². The molecule has 0 spiro atoms. The number of nitrogens with zero attached hydrogens (tertiary/aromatic N) is 1. The maximum Gasteiger partial charge on any atom is 0.230 e. The molecule has 19 heavy (non-hydrogen) atoms. The van der Waals surface area contributed by atoms with Gasteiger partial charge in [0.15, 0.2) is 0 Å². The van der Waals surface area contributed by atoms with Gasteiger partial charge in [-0.3, -0.25) is 4.79 Å². The summed E-state index contributed by atoms with van der Waals surface area (Å²) in [6.07, 6.45) is 4.42. The maximum atomic E-state index is 12.7. The summed E-state index contributed by atoms with van der Waals surface area (Å²) in [5, 5.41) is 9.52. The van der Waals surface area contributed by atoms with Crippen LogP contribution in [0.25, 0.3) is 0 Å². The predicted molar refractivity (Wildman–Crippen MR) is 77.3 cm³/mol. The fourth-order valence-corrected chi connectivity index (χ4v) is 3.01. The number of anilines is 1. The Hall–Kier alpha value is -1.51. The van der Waals surface area contributed by atoms with E-state index >= 15 is 0 Å². The Labute approximate surface area is 115 Å². The highest BCUT2D eigenvalue weighted by atomic mass is 16.3. The quantitative estimate of drug-likeness (QED) is 0.884. The van der Waals surface area contributed by atoms with E-state index in [2.05, 4.69) is 13.8 Å². The van der Waals surface area contributed by atoms with Crippen molar-refractivity contribution in [2.75, 3.05) is 11.9 Å². The first-order valence-corrected chi connectivity index (χ1v) is 6.98. The van der Waals surface area contributed by atoms with Crippen molar-refractivity contribution in [3.63, 3.8) is 0 Å². The number of phenols is 1. The zero-order chi connectivity index (χ0) is 14.0. The molecular weight excluding hydrogens is 238 g/mol. The Morgan fingerprint density at radius 1 is 1.37 bits per heavy atom. The maximum absolute atomic E-state index is 12.7. The Morgan fingerprint density at radius 3 is 2.74 bits per heavy atom. The molecule has 2 rings (SSSR count). The standard InChI is InChI=1S/C16H23NO2/c1-16(2)10-5-4-9-14(16)15(19)17(3)12-7-6-8-13(18)11-12/h6-8,11,14,18H,4-5,9-10H2,1-3H3. The van der Waals surface area contributed by atoms with E-state index in [1.807, 2.05) is 6.07 Å². The van der Waals surface area contributed by atoms with E-state index in [9.17, 15) is 9.90 Å². The van der Waals surface area contributed by atoms with Crippen LogP contribution < -0.4 is 4.90 Å². The number of hydrogen-bond acceptors (Lipinski definition) is 2. The summed E-state index contributed by atoms with van der Waals surface area (Å²) in [7, 11) is 1.79. The highest BCUT2D eigenvalue weighted by Gasteiger charge is 2.38. The summed E-state index contributed by atoms with van der Waals surface area (Å²) >= 11 is 0. The molecule has 1 aliphatic rings. The SMILES string of the molecule is CN(C(=O)C1CCCCC1(C)C)c1cccc(O)c1. The average Bonchev–Trinajstić information content (AvgIpc) is 2.36. The largest absolute Gasteiger partial charge is 0.508 e. The van der Waals surface area contributed by atoms with Gasteiger partial charge in [0.25, 0.3) is 0 Å². The van der Waals surface area contributed by atoms with Gasteiger partial charge in [0.05, 0.1) is 0 Å². The van der Waals surface area contributed by atoms with Crippen molar-refractivity contribution in [1.29, 1.82) is 0 Å². The van der Waals surface area contributed by atoms with Gasteiger partial charge < -0.3 is 10.0 Å². The Morgan fingerprint density at radius 2 is 2.11 bits per heavy atom. The zero-order valence-corrected chi connectivity index (χ0v) is 12.0. The molecule has 1 fully saturated rings. The molecule has 1 unspecified atom stereocenters. The summed E-state index contributed by atoms with van der Waals surface area (Å²) in [6, 6.07) is 6.87. The normalized spacial score (nSPS) is 21.9. The molecule has 1 saturated carbocycles. The minimum atomic E-state index is 0.0699. The number of hydrogen-bond donors (Lipinski definition) is 1. The Balaban J connectivity index is 2.19. The monoisotopic (exact) mass is 261 g/mol. The lowest BCUT2D eigenvalue weighted by molar-refractivity contribution is -0.127. The van der Waals surface area contributed by atoms with Crippen LogP contribution in [0.1, 0.15) is 39.5 Å². The van der Waals surface area contributed by atoms with E-state index < -0.39 is 0 Å². The van der Waals surface area contributed by atoms with E-state index in [1.165, 1.54) is 6.42 Å². The third kappa shape index (κ3) is 2.91. The molecule has 1 aromatic carbocycles. The van der Waals surface area contributed by atoms with Crippen LogP contribution >= 0.6 is 0 Å². The van der Waals surface area contributed by atoms with E-state index in [1.54, 1.807) is 30.1 Å². The summed E-state index contributed by atoms with van der Waals surface area (Å²) in [5.41, 5.74) is 0.826. The summed E-state index contributed by atoms with van der Waals surface area (Å²) in [5.74, 6) is 0.434. The molecule has 1 aliphatic carbocycles. The van der Waals surface area contributed by atoms with Gasteiger partial charge in [0.2, 0.25) is 5.91 Å². The van der Waals surface area contributed by atoms with Gasteiger partial charge in [0.1, 0.15) is 5.75 Å².